The first-order valence-corrected chi connectivity index (χ1v) is 4.82. The molecule has 2 aliphatic rings. The summed E-state index contributed by atoms with van der Waals surface area (Å²) >= 11 is 0. The first-order valence-electron chi connectivity index (χ1n) is 4.82. The molecule has 2 fully saturated rings. The number of fused-ring (bicyclic) bond motifs is 1. The van der Waals surface area contributed by atoms with Crippen LogP contribution in [0.3, 0.4) is 0 Å². The average molecular weight is 152 g/mol. The van der Waals surface area contributed by atoms with Gasteiger partial charge in [-0.15, -0.1) is 0 Å². The molecule has 1 nitrogen and oxygen atoms in total. The van der Waals surface area contributed by atoms with Crippen LogP contribution in [-0.2, 0) is 4.79 Å². The van der Waals surface area contributed by atoms with Crippen LogP contribution in [0.15, 0.2) is 0 Å². The third kappa shape index (κ3) is 1.11. The van der Waals surface area contributed by atoms with Gasteiger partial charge in [0.15, 0.2) is 0 Å². The number of rotatable bonds is 0. The number of carbonyl (C=O) groups excluding carboxylic acids is 1. The summed E-state index contributed by atoms with van der Waals surface area (Å²) < 4.78 is 0. The second-order valence-corrected chi connectivity index (χ2v) is 4.18. The molecule has 1 heteroatoms. The fourth-order valence-electron chi connectivity index (χ4n) is 2.86. The smallest absolute Gasteiger partial charge is 0.136 e. The molecule has 3 atom stereocenters. The molecule has 11 heavy (non-hydrogen) atoms. The van der Waals surface area contributed by atoms with E-state index in [-0.39, 0.29) is 0 Å². The van der Waals surface area contributed by atoms with Gasteiger partial charge in [-0.3, -0.25) is 4.79 Å². The van der Waals surface area contributed by atoms with Gasteiger partial charge in [0.2, 0.25) is 0 Å². The van der Waals surface area contributed by atoms with Crippen LogP contribution in [0.5, 0.6) is 0 Å². The average Bonchev–Trinajstić information content (AvgIpc) is 2.35. The van der Waals surface area contributed by atoms with E-state index in [2.05, 4.69) is 6.92 Å². The molecule has 0 aliphatic heterocycles. The summed E-state index contributed by atoms with van der Waals surface area (Å²) in [5.74, 6) is 2.61. The van der Waals surface area contributed by atoms with Crippen molar-refractivity contribution in [3.63, 3.8) is 0 Å². The lowest BCUT2D eigenvalue weighted by atomic mass is 9.75. The van der Waals surface area contributed by atoms with E-state index in [1.54, 1.807) is 0 Å². The fourth-order valence-corrected chi connectivity index (χ4v) is 2.86. The highest BCUT2D eigenvalue weighted by molar-refractivity contribution is 5.83. The van der Waals surface area contributed by atoms with Crippen molar-refractivity contribution in [2.24, 2.45) is 17.8 Å². The third-order valence-electron chi connectivity index (χ3n) is 3.56. The standard InChI is InChI=1S/C10H16O/c1-7-3-2-4-9-8(7)5-6-10(9)11/h7-9H,2-6H2,1H3/t7-,8+,9-/m0/s1. The maximum Gasteiger partial charge on any atom is 0.136 e. The molecule has 0 radical (unpaired) electrons. The van der Waals surface area contributed by atoms with Crippen molar-refractivity contribution in [2.45, 2.75) is 39.0 Å². The molecule has 0 bridgehead atoms. The first-order chi connectivity index (χ1) is 5.29. The summed E-state index contributed by atoms with van der Waals surface area (Å²) in [6.45, 7) is 2.31. The molecule has 0 N–H and O–H groups in total. The highest BCUT2D eigenvalue weighted by Crippen LogP contribution is 2.43. The predicted molar refractivity (Wildman–Crippen MR) is 44.2 cm³/mol. The fraction of sp³-hybridized carbons (Fsp3) is 0.900. The van der Waals surface area contributed by atoms with Gasteiger partial charge in [0, 0.05) is 12.3 Å². The molecule has 0 aromatic carbocycles. The Morgan fingerprint density at radius 2 is 2.09 bits per heavy atom. The van der Waals surface area contributed by atoms with E-state index in [1.165, 1.54) is 25.7 Å². The minimum absolute atomic E-state index is 0.471. The summed E-state index contributed by atoms with van der Waals surface area (Å²) in [7, 11) is 0. The minimum Gasteiger partial charge on any atom is -0.299 e. The number of carbonyl (C=O) groups is 1. The van der Waals surface area contributed by atoms with E-state index in [9.17, 15) is 4.79 Å². The van der Waals surface area contributed by atoms with Crippen LogP contribution >= 0.6 is 0 Å². The molecular formula is C10H16O. The van der Waals surface area contributed by atoms with Crippen molar-refractivity contribution in [1.82, 2.24) is 0 Å². The van der Waals surface area contributed by atoms with E-state index >= 15 is 0 Å². The predicted octanol–water partition coefficient (Wildman–Crippen LogP) is 2.40. The van der Waals surface area contributed by atoms with E-state index in [0.717, 1.165) is 18.3 Å². The van der Waals surface area contributed by atoms with Gasteiger partial charge in [-0.05, 0) is 24.7 Å². The van der Waals surface area contributed by atoms with Gasteiger partial charge in [-0.25, -0.2) is 0 Å². The van der Waals surface area contributed by atoms with Crippen molar-refractivity contribution in [3.8, 4) is 0 Å². The van der Waals surface area contributed by atoms with Crippen LogP contribution < -0.4 is 0 Å². The third-order valence-corrected chi connectivity index (χ3v) is 3.56. The zero-order valence-electron chi connectivity index (χ0n) is 7.18. The Morgan fingerprint density at radius 3 is 2.82 bits per heavy atom. The molecule has 0 heterocycles. The largest absolute Gasteiger partial charge is 0.299 e. The van der Waals surface area contributed by atoms with Crippen molar-refractivity contribution >= 4 is 5.78 Å². The Labute approximate surface area is 68.2 Å². The molecule has 0 saturated heterocycles. The number of Topliss-reactive ketones (excluding diaryl/α,β-unsaturated/α-hetero) is 1. The highest BCUT2D eigenvalue weighted by atomic mass is 16.1. The molecular weight excluding hydrogens is 136 g/mol. The molecule has 0 aromatic heterocycles. The second kappa shape index (κ2) is 2.62. The molecule has 0 unspecified atom stereocenters. The number of ketones is 1. The van der Waals surface area contributed by atoms with Crippen molar-refractivity contribution in [3.05, 3.63) is 0 Å². The van der Waals surface area contributed by atoms with E-state index < -0.39 is 0 Å². The van der Waals surface area contributed by atoms with Gasteiger partial charge in [-0.1, -0.05) is 19.8 Å². The van der Waals surface area contributed by atoms with Crippen molar-refractivity contribution in [1.29, 1.82) is 0 Å². The summed E-state index contributed by atoms with van der Waals surface area (Å²) in [6, 6.07) is 0. The maximum absolute atomic E-state index is 11.4. The zero-order chi connectivity index (χ0) is 7.84. The normalized spacial score (nSPS) is 44.1. The first kappa shape index (κ1) is 7.33. The number of hydrogen-bond acceptors (Lipinski definition) is 1. The monoisotopic (exact) mass is 152 g/mol. The van der Waals surface area contributed by atoms with Gasteiger partial charge in [0.1, 0.15) is 5.78 Å². The Bertz CT molecular complexity index is 174. The lowest BCUT2D eigenvalue weighted by molar-refractivity contribution is -0.122. The Balaban J connectivity index is 2.12. The SMILES string of the molecule is C[C@H]1CCC[C@@H]2C(=O)CC[C@@H]21. The molecule has 0 aromatic rings. The van der Waals surface area contributed by atoms with E-state index in [4.69, 9.17) is 0 Å². The lowest BCUT2D eigenvalue weighted by Crippen LogP contribution is -2.25. The van der Waals surface area contributed by atoms with Gasteiger partial charge >= 0.3 is 0 Å². The van der Waals surface area contributed by atoms with Gasteiger partial charge in [0.05, 0.1) is 0 Å². The maximum atomic E-state index is 11.4. The number of hydrogen-bond donors (Lipinski definition) is 0. The molecule has 62 valence electrons. The van der Waals surface area contributed by atoms with Gasteiger partial charge < -0.3 is 0 Å². The molecule has 2 saturated carbocycles. The summed E-state index contributed by atoms with van der Waals surface area (Å²) in [6.07, 6.45) is 5.89. The summed E-state index contributed by atoms with van der Waals surface area (Å²) in [5, 5.41) is 0. The molecule has 0 spiro atoms. The molecule has 2 rings (SSSR count). The van der Waals surface area contributed by atoms with Crippen LogP contribution in [0.2, 0.25) is 0 Å². The topological polar surface area (TPSA) is 17.1 Å². The quantitative estimate of drug-likeness (QED) is 0.521. The van der Waals surface area contributed by atoms with E-state index in [1.807, 2.05) is 0 Å². The van der Waals surface area contributed by atoms with E-state index in [0.29, 0.717) is 11.7 Å². The Hall–Kier alpha value is -0.330. The van der Waals surface area contributed by atoms with Gasteiger partial charge in [0.25, 0.3) is 0 Å². The summed E-state index contributed by atoms with van der Waals surface area (Å²) in [4.78, 5) is 11.4. The van der Waals surface area contributed by atoms with Gasteiger partial charge in [-0.2, -0.15) is 0 Å². The minimum atomic E-state index is 0.471. The van der Waals surface area contributed by atoms with Crippen molar-refractivity contribution < 1.29 is 4.79 Å². The molecule has 0 amide bonds. The van der Waals surface area contributed by atoms with Crippen LogP contribution in [0, 0.1) is 17.8 Å². The van der Waals surface area contributed by atoms with Crippen LogP contribution in [0.4, 0.5) is 0 Å². The van der Waals surface area contributed by atoms with Crippen LogP contribution in [0.1, 0.15) is 39.0 Å². The Kier molecular flexibility index (Phi) is 1.74. The second-order valence-electron chi connectivity index (χ2n) is 4.18. The van der Waals surface area contributed by atoms with Crippen LogP contribution in [0.25, 0.3) is 0 Å². The lowest BCUT2D eigenvalue weighted by Gasteiger charge is -2.30. The summed E-state index contributed by atoms with van der Waals surface area (Å²) in [5.41, 5.74) is 0. The van der Waals surface area contributed by atoms with Crippen LogP contribution in [-0.4, -0.2) is 5.78 Å². The Morgan fingerprint density at radius 1 is 1.27 bits per heavy atom. The highest BCUT2D eigenvalue weighted by Gasteiger charge is 2.39. The zero-order valence-corrected chi connectivity index (χ0v) is 7.18. The molecule has 2 aliphatic carbocycles. The van der Waals surface area contributed by atoms with Crippen molar-refractivity contribution in [2.75, 3.05) is 0 Å².